The summed E-state index contributed by atoms with van der Waals surface area (Å²) in [6, 6.07) is 4.69. The Morgan fingerprint density at radius 1 is 1.37 bits per heavy atom. The molecule has 0 spiro atoms. The van der Waals surface area contributed by atoms with Crippen molar-refractivity contribution in [1.29, 1.82) is 0 Å². The van der Waals surface area contributed by atoms with Crippen molar-refractivity contribution in [2.75, 3.05) is 0 Å². The number of carboxylic acid groups (broad SMARTS) is 1. The molecule has 0 saturated heterocycles. The van der Waals surface area contributed by atoms with E-state index < -0.39 is 5.97 Å². The van der Waals surface area contributed by atoms with Gasteiger partial charge in [-0.2, -0.15) is 0 Å². The van der Waals surface area contributed by atoms with E-state index in [1.54, 1.807) is 12.1 Å². The van der Waals surface area contributed by atoms with E-state index in [4.69, 9.17) is 21.4 Å². The van der Waals surface area contributed by atoms with Crippen LogP contribution in [-0.2, 0) is 0 Å². The van der Waals surface area contributed by atoms with E-state index in [1.165, 1.54) is 25.3 Å². The summed E-state index contributed by atoms with van der Waals surface area (Å²) in [4.78, 5) is 10.8. The molecule has 1 rings (SSSR count). The first-order valence-electron chi connectivity index (χ1n) is 6.74. The van der Waals surface area contributed by atoms with Gasteiger partial charge in [-0.1, -0.05) is 37.8 Å². The molecule has 0 aliphatic carbocycles. The molecule has 1 aromatic carbocycles. The van der Waals surface area contributed by atoms with Gasteiger partial charge < -0.3 is 9.84 Å². The first kappa shape index (κ1) is 15.8. The fraction of sp³-hybridized carbons (Fsp3) is 0.533. The normalized spacial score (nSPS) is 12.2. The lowest BCUT2D eigenvalue weighted by Gasteiger charge is -2.15. The van der Waals surface area contributed by atoms with Crippen LogP contribution in [0.4, 0.5) is 0 Å². The van der Waals surface area contributed by atoms with Crippen LogP contribution in [-0.4, -0.2) is 17.2 Å². The van der Waals surface area contributed by atoms with Crippen LogP contribution in [0.5, 0.6) is 5.75 Å². The summed E-state index contributed by atoms with van der Waals surface area (Å²) in [6.45, 7) is 4.21. The zero-order valence-electron chi connectivity index (χ0n) is 11.5. The molecule has 106 valence electrons. The van der Waals surface area contributed by atoms with Gasteiger partial charge in [0.15, 0.2) is 0 Å². The van der Waals surface area contributed by atoms with E-state index >= 15 is 0 Å². The van der Waals surface area contributed by atoms with E-state index in [1.807, 2.05) is 6.92 Å². The van der Waals surface area contributed by atoms with Crippen molar-refractivity contribution in [3.05, 3.63) is 28.8 Å². The van der Waals surface area contributed by atoms with Gasteiger partial charge in [0, 0.05) is 0 Å². The number of hydrogen-bond acceptors (Lipinski definition) is 2. The number of hydrogen-bond donors (Lipinski definition) is 1. The summed E-state index contributed by atoms with van der Waals surface area (Å²) in [6.07, 6.45) is 5.97. The molecule has 0 radical (unpaired) electrons. The second kappa shape index (κ2) is 8.05. The molecule has 0 bridgehead atoms. The monoisotopic (exact) mass is 284 g/mol. The molecular weight excluding hydrogens is 264 g/mol. The quantitative estimate of drug-likeness (QED) is 0.699. The fourth-order valence-electron chi connectivity index (χ4n) is 1.89. The van der Waals surface area contributed by atoms with E-state index in [9.17, 15) is 4.79 Å². The van der Waals surface area contributed by atoms with Gasteiger partial charge in [0.2, 0.25) is 0 Å². The van der Waals surface area contributed by atoms with Crippen LogP contribution in [0.15, 0.2) is 18.2 Å². The smallest absolute Gasteiger partial charge is 0.337 e. The molecule has 1 unspecified atom stereocenters. The average Bonchev–Trinajstić information content (AvgIpc) is 2.34. The number of benzene rings is 1. The highest BCUT2D eigenvalue weighted by molar-refractivity contribution is 6.33. The molecular formula is C15H21ClO3. The van der Waals surface area contributed by atoms with E-state index in [2.05, 4.69) is 6.92 Å². The highest BCUT2D eigenvalue weighted by Crippen LogP contribution is 2.24. The molecule has 1 N–H and O–H groups in total. The summed E-state index contributed by atoms with van der Waals surface area (Å²) in [7, 11) is 0. The van der Waals surface area contributed by atoms with Gasteiger partial charge in [-0.15, -0.1) is 0 Å². The first-order chi connectivity index (χ1) is 9.04. The third-order valence-corrected chi connectivity index (χ3v) is 3.29. The van der Waals surface area contributed by atoms with Crippen molar-refractivity contribution in [3.63, 3.8) is 0 Å². The van der Waals surface area contributed by atoms with E-state index in [0.29, 0.717) is 5.75 Å². The van der Waals surface area contributed by atoms with Crippen molar-refractivity contribution in [2.24, 2.45) is 0 Å². The minimum atomic E-state index is -1.02. The Kier molecular flexibility index (Phi) is 6.71. The second-order valence-corrected chi connectivity index (χ2v) is 5.13. The lowest BCUT2D eigenvalue weighted by molar-refractivity contribution is 0.0697. The zero-order valence-corrected chi connectivity index (χ0v) is 12.2. The van der Waals surface area contributed by atoms with Gasteiger partial charge in [-0.05, 0) is 38.0 Å². The zero-order chi connectivity index (χ0) is 14.3. The maximum atomic E-state index is 10.8. The number of unbranched alkanes of at least 4 members (excludes halogenated alkanes) is 3. The molecule has 0 saturated carbocycles. The molecule has 19 heavy (non-hydrogen) atoms. The summed E-state index contributed by atoms with van der Waals surface area (Å²) < 4.78 is 5.73. The predicted octanol–water partition coefficient (Wildman–Crippen LogP) is 4.78. The second-order valence-electron chi connectivity index (χ2n) is 4.72. The Hall–Kier alpha value is -1.22. The molecule has 0 aromatic heterocycles. The summed E-state index contributed by atoms with van der Waals surface area (Å²) >= 11 is 5.89. The Balaban J connectivity index is 2.48. The third kappa shape index (κ3) is 5.52. The number of carboxylic acids is 1. The largest absolute Gasteiger partial charge is 0.491 e. The molecule has 0 aliphatic heterocycles. The number of rotatable bonds is 8. The number of halogens is 1. The Morgan fingerprint density at radius 3 is 2.68 bits per heavy atom. The molecule has 1 aromatic rings. The number of ether oxygens (including phenoxy) is 1. The van der Waals surface area contributed by atoms with Crippen molar-refractivity contribution in [3.8, 4) is 5.75 Å². The minimum absolute atomic E-state index is 0.101. The van der Waals surface area contributed by atoms with Gasteiger partial charge in [0.25, 0.3) is 0 Å². The van der Waals surface area contributed by atoms with Crippen molar-refractivity contribution >= 4 is 17.6 Å². The van der Waals surface area contributed by atoms with Crippen LogP contribution < -0.4 is 4.74 Å². The molecule has 0 fully saturated rings. The van der Waals surface area contributed by atoms with Gasteiger partial charge in [0.05, 0.1) is 16.7 Å². The molecule has 1 atom stereocenters. The summed E-state index contributed by atoms with van der Waals surface area (Å²) in [5.41, 5.74) is 0.101. The molecule has 0 heterocycles. The summed E-state index contributed by atoms with van der Waals surface area (Å²) in [5, 5.41) is 9.09. The summed E-state index contributed by atoms with van der Waals surface area (Å²) in [5.74, 6) is -0.401. The lowest BCUT2D eigenvalue weighted by atomic mass is 10.1. The maximum Gasteiger partial charge on any atom is 0.337 e. The molecule has 0 amide bonds. The van der Waals surface area contributed by atoms with Crippen LogP contribution in [0.3, 0.4) is 0 Å². The SMILES string of the molecule is CCCCCCC(C)Oc1ccc(C(=O)O)c(Cl)c1. The Bertz CT molecular complexity index is 418. The van der Waals surface area contributed by atoms with Crippen LogP contribution in [0.25, 0.3) is 0 Å². The fourth-order valence-corrected chi connectivity index (χ4v) is 2.14. The van der Waals surface area contributed by atoms with Crippen LogP contribution in [0.1, 0.15) is 56.3 Å². The highest BCUT2D eigenvalue weighted by atomic mass is 35.5. The Labute approximate surface area is 119 Å². The average molecular weight is 285 g/mol. The number of carbonyl (C=O) groups is 1. The number of aromatic carboxylic acids is 1. The predicted molar refractivity (Wildman–Crippen MR) is 77.3 cm³/mol. The molecule has 0 aliphatic rings. The van der Waals surface area contributed by atoms with Gasteiger partial charge in [-0.3, -0.25) is 0 Å². The lowest BCUT2D eigenvalue weighted by Crippen LogP contribution is -2.11. The maximum absolute atomic E-state index is 10.8. The van der Waals surface area contributed by atoms with Gasteiger partial charge in [-0.25, -0.2) is 4.79 Å². The van der Waals surface area contributed by atoms with Crippen LogP contribution >= 0.6 is 11.6 Å². The van der Waals surface area contributed by atoms with Crippen molar-refractivity contribution in [1.82, 2.24) is 0 Å². The van der Waals surface area contributed by atoms with E-state index in [-0.39, 0.29) is 16.7 Å². The minimum Gasteiger partial charge on any atom is -0.491 e. The standard InChI is InChI=1S/C15H21ClO3/c1-3-4-5-6-7-11(2)19-12-8-9-13(15(17)18)14(16)10-12/h8-11H,3-7H2,1-2H3,(H,17,18). The van der Waals surface area contributed by atoms with Crippen molar-refractivity contribution < 1.29 is 14.6 Å². The van der Waals surface area contributed by atoms with Gasteiger partial charge in [0.1, 0.15) is 5.75 Å². The Morgan fingerprint density at radius 2 is 2.11 bits per heavy atom. The first-order valence-corrected chi connectivity index (χ1v) is 7.12. The third-order valence-electron chi connectivity index (χ3n) is 2.97. The van der Waals surface area contributed by atoms with Crippen LogP contribution in [0.2, 0.25) is 5.02 Å². The molecule has 3 nitrogen and oxygen atoms in total. The molecule has 4 heteroatoms. The topological polar surface area (TPSA) is 46.5 Å². The van der Waals surface area contributed by atoms with E-state index in [0.717, 1.165) is 12.8 Å². The van der Waals surface area contributed by atoms with Crippen molar-refractivity contribution in [2.45, 2.75) is 52.1 Å². The van der Waals surface area contributed by atoms with Gasteiger partial charge >= 0.3 is 5.97 Å². The highest BCUT2D eigenvalue weighted by Gasteiger charge is 2.11. The van der Waals surface area contributed by atoms with Crippen LogP contribution in [0, 0.1) is 0 Å².